The SMILES string of the molecule is CSc1ncc(C(=O)N(C)C)c(Cl)n1. The van der Waals surface area contributed by atoms with Crippen molar-refractivity contribution in [3.8, 4) is 0 Å². The Kier molecular flexibility index (Phi) is 3.71. The van der Waals surface area contributed by atoms with Gasteiger partial charge in [-0.1, -0.05) is 23.4 Å². The van der Waals surface area contributed by atoms with Gasteiger partial charge in [0.1, 0.15) is 5.15 Å². The fourth-order valence-electron chi connectivity index (χ4n) is 0.829. The molecule has 0 aliphatic heterocycles. The van der Waals surface area contributed by atoms with E-state index in [1.807, 2.05) is 6.26 Å². The topological polar surface area (TPSA) is 46.1 Å². The average Bonchev–Trinajstić information content (AvgIpc) is 2.16. The maximum atomic E-state index is 11.5. The molecule has 0 aliphatic rings. The number of aromatic nitrogens is 2. The molecule has 0 N–H and O–H groups in total. The Morgan fingerprint density at radius 3 is 2.64 bits per heavy atom. The molecule has 1 aromatic rings. The third-order valence-corrected chi connectivity index (χ3v) is 2.39. The van der Waals surface area contributed by atoms with Crippen molar-refractivity contribution in [3.63, 3.8) is 0 Å². The zero-order chi connectivity index (χ0) is 10.7. The minimum absolute atomic E-state index is 0.192. The predicted molar refractivity (Wildman–Crippen MR) is 56.8 cm³/mol. The maximum Gasteiger partial charge on any atom is 0.258 e. The molecule has 0 atom stereocenters. The van der Waals surface area contributed by atoms with E-state index in [0.717, 1.165) is 0 Å². The Labute approximate surface area is 91.7 Å². The summed E-state index contributed by atoms with van der Waals surface area (Å²) in [5.74, 6) is -0.192. The van der Waals surface area contributed by atoms with Crippen LogP contribution in [0.5, 0.6) is 0 Å². The highest BCUT2D eigenvalue weighted by Crippen LogP contribution is 2.17. The minimum Gasteiger partial charge on any atom is -0.345 e. The number of amides is 1. The first-order valence-electron chi connectivity index (χ1n) is 3.84. The Bertz CT molecular complexity index is 356. The average molecular weight is 232 g/mol. The summed E-state index contributed by atoms with van der Waals surface area (Å²) >= 11 is 7.22. The summed E-state index contributed by atoms with van der Waals surface area (Å²) in [5.41, 5.74) is 0.328. The molecule has 0 radical (unpaired) electrons. The Balaban J connectivity index is 3.06. The van der Waals surface area contributed by atoms with E-state index in [0.29, 0.717) is 10.7 Å². The fourth-order valence-corrected chi connectivity index (χ4v) is 1.43. The van der Waals surface area contributed by atoms with Crippen LogP contribution in [0.25, 0.3) is 0 Å². The number of rotatable bonds is 2. The van der Waals surface area contributed by atoms with E-state index in [4.69, 9.17) is 11.6 Å². The van der Waals surface area contributed by atoms with Gasteiger partial charge in [0, 0.05) is 20.3 Å². The molecule has 0 unspecified atom stereocenters. The van der Waals surface area contributed by atoms with Crippen LogP contribution in [0.3, 0.4) is 0 Å². The number of hydrogen-bond donors (Lipinski definition) is 0. The van der Waals surface area contributed by atoms with Gasteiger partial charge in [0.15, 0.2) is 5.16 Å². The molecule has 6 heteroatoms. The molecule has 0 spiro atoms. The van der Waals surface area contributed by atoms with Gasteiger partial charge in [-0.05, 0) is 6.26 Å². The first-order chi connectivity index (χ1) is 6.56. The van der Waals surface area contributed by atoms with Gasteiger partial charge >= 0.3 is 0 Å². The molecule has 4 nitrogen and oxygen atoms in total. The number of thioether (sulfide) groups is 1. The van der Waals surface area contributed by atoms with Gasteiger partial charge in [-0.25, -0.2) is 9.97 Å². The van der Waals surface area contributed by atoms with Crippen LogP contribution in [0.2, 0.25) is 5.15 Å². The molecule has 14 heavy (non-hydrogen) atoms. The van der Waals surface area contributed by atoms with Crippen LogP contribution >= 0.6 is 23.4 Å². The second-order valence-electron chi connectivity index (χ2n) is 2.76. The molecule has 1 rings (SSSR count). The molecule has 0 saturated heterocycles. The first-order valence-corrected chi connectivity index (χ1v) is 5.44. The Morgan fingerprint density at radius 2 is 2.21 bits per heavy atom. The van der Waals surface area contributed by atoms with Crippen molar-refractivity contribution in [1.82, 2.24) is 14.9 Å². The van der Waals surface area contributed by atoms with Crippen LogP contribution < -0.4 is 0 Å². The van der Waals surface area contributed by atoms with Crippen LogP contribution in [0, 0.1) is 0 Å². The summed E-state index contributed by atoms with van der Waals surface area (Å²) in [4.78, 5) is 20.9. The van der Waals surface area contributed by atoms with Gasteiger partial charge in [-0.15, -0.1) is 0 Å². The lowest BCUT2D eigenvalue weighted by Crippen LogP contribution is -2.22. The van der Waals surface area contributed by atoms with Crippen LogP contribution in [0.4, 0.5) is 0 Å². The molecular weight excluding hydrogens is 222 g/mol. The summed E-state index contributed by atoms with van der Waals surface area (Å²) < 4.78 is 0. The lowest BCUT2D eigenvalue weighted by atomic mass is 10.3. The molecule has 0 fully saturated rings. The van der Waals surface area contributed by atoms with Gasteiger partial charge in [-0.3, -0.25) is 4.79 Å². The number of hydrogen-bond acceptors (Lipinski definition) is 4. The van der Waals surface area contributed by atoms with E-state index in [-0.39, 0.29) is 11.1 Å². The van der Waals surface area contributed by atoms with Gasteiger partial charge in [0.05, 0.1) is 5.56 Å². The van der Waals surface area contributed by atoms with E-state index in [2.05, 4.69) is 9.97 Å². The van der Waals surface area contributed by atoms with Crippen LogP contribution in [-0.4, -0.2) is 41.1 Å². The lowest BCUT2D eigenvalue weighted by Gasteiger charge is -2.10. The Hall–Kier alpha value is -0.810. The normalized spacial score (nSPS) is 10.0. The monoisotopic (exact) mass is 231 g/mol. The van der Waals surface area contributed by atoms with Gasteiger partial charge in [0.2, 0.25) is 0 Å². The molecule has 0 saturated carbocycles. The summed E-state index contributed by atoms with van der Waals surface area (Å²) in [5, 5.41) is 0.758. The second kappa shape index (κ2) is 4.61. The quantitative estimate of drug-likeness (QED) is 0.440. The summed E-state index contributed by atoms with van der Waals surface area (Å²) in [6.45, 7) is 0. The summed E-state index contributed by atoms with van der Waals surface area (Å²) in [6.07, 6.45) is 3.29. The summed E-state index contributed by atoms with van der Waals surface area (Å²) in [6, 6.07) is 0. The van der Waals surface area contributed by atoms with Crippen molar-refractivity contribution < 1.29 is 4.79 Å². The van der Waals surface area contributed by atoms with Crippen molar-refractivity contribution in [2.75, 3.05) is 20.4 Å². The molecule has 1 aromatic heterocycles. The first kappa shape index (κ1) is 11.3. The highest BCUT2D eigenvalue weighted by atomic mass is 35.5. The fraction of sp³-hybridized carbons (Fsp3) is 0.375. The van der Waals surface area contributed by atoms with E-state index in [1.54, 1.807) is 14.1 Å². The van der Waals surface area contributed by atoms with Crippen LogP contribution in [0.1, 0.15) is 10.4 Å². The van der Waals surface area contributed by atoms with E-state index < -0.39 is 0 Å². The van der Waals surface area contributed by atoms with Crippen molar-refractivity contribution in [3.05, 3.63) is 16.9 Å². The van der Waals surface area contributed by atoms with E-state index in [1.165, 1.54) is 22.9 Å². The number of carbonyl (C=O) groups excluding carboxylic acids is 1. The zero-order valence-electron chi connectivity index (χ0n) is 8.11. The van der Waals surface area contributed by atoms with E-state index in [9.17, 15) is 4.79 Å². The van der Waals surface area contributed by atoms with Gasteiger partial charge in [-0.2, -0.15) is 0 Å². The molecule has 76 valence electrons. The van der Waals surface area contributed by atoms with Crippen molar-refractivity contribution in [1.29, 1.82) is 0 Å². The Morgan fingerprint density at radius 1 is 1.57 bits per heavy atom. The standard InChI is InChI=1S/C8H10ClN3OS/c1-12(2)7(13)5-4-10-8(14-3)11-6(5)9/h4H,1-3H3. The maximum absolute atomic E-state index is 11.5. The number of halogens is 1. The number of carbonyl (C=O) groups is 1. The largest absolute Gasteiger partial charge is 0.345 e. The lowest BCUT2D eigenvalue weighted by molar-refractivity contribution is 0.0826. The van der Waals surface area contributed by atoms with Crippen molar-refractivity contribution in [2.45, 2.75) is 5.16 Å². The molecular formula is C8H10ClN3OS. The molecule has 0 aliphatic carbocycles. The second-order valence-corrected chi connectivity index (χ2v) is 3.89. The molecule has 0 aromatic carbocycles. The van der Waals surface area contributed by atoms with E-state index >= 15 is 0 Å². The highest BCUT2D eigenvalue weighted by Gasteiger charge is 2.14. The van der Waals surface area contributed by atoms with Crippen molar-refractivity contribution in [2.24, 2.45) is 0 Å². The van der Waals surface area contributed by atoms with Crippen LogP contribution in [-0.2, 0) is 0 Å². The smallest absolute Gasteiger partial charge is 0.258 e. The third-order valence-electron chi connectivity index (χ3n) is 1.54. The van der Waals surface area contributed by atoms with Gasteiger partial charge < -0.3 is 4.90 Å². The molecule has 0 bridgehead atoms. The third kappa shape index (κ3) is 2.36. The predicted octanol–water partition coefficient (Wildman–Crippen LogP) is 1.55. The highest BCUT2D eigenvalue weighted by molar-refractivity contribution is 7.98. The zero-order valence-corrected chi connectivity index (χ0v) is 9.69. The summed E-state index contributed by atoms with van der Waals surface area (Å²) in [7, 11) is 3.31. The molecule has 1 amide bonds. The van der Waals surface area contributed by atoms with Crippen LogP contribution in [0.15, 0.2) is 11.4 Å². The number of nitrogens with zero attached hydrogens (tertiary/aromatic N) is 3. The molecule has 1 heterocycles. The van der Waals surface area contributed by atoms with Gasteiger partial charge in [0.25, 0.3) is 5.91 Å². The van der Waals surface area contributed by atoms with Crippen molar-refractivity contribution >= 4 is 29.3 Å². The minimum atomic E-state index is -0.192.